The number of rotatable bonds is 11. The van der Waals surface area contributed by atoms with Crippen LogP contribution in [0.25, 0.3) is 0 Å². The van der Waals surface area contributed by atoms with Gasteiger partial charge in [0.15, 0.2) is 0 Å². The molecule has 0 heterocycles. The van der Waals surface area contributed by atoms with Crippen molar-refractivity contribution in [2.45, 2.75) is 64.4 Å². The average molecular weight is 340 g/mol. The summed E-state index contributed by atoms with van der Waals surface area (Å²) in [5.74, 6) is 0. The highest BCUT2D eigenvalue weighted by atomic mass is 32.4. The molecule has 1 nitrogen and oxygen atoms in total. The first kappa shape index (κ1) is 18.8. The van der Waals surface area contributed by atoms with Crippen molar-refractivity contribution < 1.29 is 4.52 Å². The Balaban J connectivity index is 3.08. The molecule has 0 aliphatic rings. The van der Waals surface area contributed by atoms with E-state index in [-0.39, 0.29) is 0 Å². The van der Waals surface area contributed by atoms with Crippen molar-refractivity contribution in [1.29, 1.82) is 0 Å². The van der Waals surface area contributed by atoms with E-state index in [1.807, 2.05) is 6.07 Å². The lowest BCUT2D eigenvalue weighted by Crippen LogP contribution is -2.35. The monoisotopic (exact) mass is 340 g/mol. The molecule has 0 aromatic heterocycles. The zero-order valence-electron chi connectivity index (χ0n) is 13.0. The van der Waals surface area contributed by atoms with E-state index in [0.29, 0.717) is 7.58 Å². The summed E-state index contributed by atoms with van der Waals surface area (Å²) in [5.41, 5.74) is 0.670. The topological polar surface area (TPSA) is 9.23 Å². The molecule has 0 saturated carbocycles. The summed E-state index contributed by atoms with van der Waals surface area (Å²) >= 11 is 10.9. The second-order valence-electron chi connectivity index (χ2n) is 5.34. The standard InChI is InChI=1S/C17H25OPS2/c1-3-5-10-14-17(18-19-21,16(20)13-6-4-2)15-11-8-7-9-12-15/h7-9,11-12H,3-6,10,13-14H2,1-2H3. The molecule has 0 amide bonds. The highest BCUT2D eigenvalue weighted by Crippen LogP contribution is 2.38. The summed E-state index contributed by atoms with van der Waals surface area (Å²) in [6.45, 7) is 4.40. The van der Waals surface area contributed by atoms with Crippen LogP contribution in [0.1, 0.15) is 64.4 Å². The molecule has 0 N–H and O–H groups in total. The summed E-state index contributed by atoms with van der Waals surface area (Å²) in [4.78, 5) is 1.00. The van der Waals surface area contributed by atoms with Gasteiger partial charge < -0.3 is 4.52 Å². The third-order valence-electron chi connectivity index (χ3n) is 3.77. The van der Waals surface area contributed by atoms with Gasteiger partial charge in [-0.25, -0.2) is 0 Å². The Bertz CT molecular complexity index is 436. The highest BCUT2D eigenvalue weighted by Gasteiger charge is 2.37. The van der Waals surface area contributed by atoms with Crippen LogP contribution in [-0.2, 0) is 21.9 Å². The summed E-state index contributed by atoms with van der Waals surface area (Å²) in [6.07, 6.45) is 7.61. The van der Waals surface area contributed by atoms with Gasteiger partial charge in [0.2, 0.25) is 0 Å². The van der Waals surface area contributed by atoms with Crippen molar-refractivity contribution in [2.75, 3.05) is 0 Å². The van der Waals surface area contributed by atoms with Crippen molar-refractivity contribution in [3.8, 4) is 0 Å². The van der Waals surface area contributed by atoms with Gasteiger partial charge in [0, 0.05) is 4.86 Å². The molecule has 4 heteroatoms. The maximum absolute atomic E-state index is 6.07. The lowest BCUT2D eigenvalue weighted by molar-refractivity contribution is 0.156. The summed E-state index contributed by atoms with van der Waals surface area (Å²) in [7, 11) is 0.530. The zero-order chi connectivity index (χ0) is 15.6. The maximum Gasteiger partial charge on any atom is 0.138 e. The predicted molar refractivity (Wildman–Crippen MR) is 99.8 cm³/mol. The Hall–Kier alpha value is -0.210. The van der Waals surface area contributed by atoms with E-state index in [2.05, 4.69) is 38.1 Å². The number of thiocarbonyl (C=S) groups is 1. The van der Waals surface area contributed by atoms with Crippen molar-refractivity contribution >= 4 is 36.5 Å². The second kappa shape index (κ2) is 10.5. The van der Waals surface area contributed by atoms with Gasteiger partial charge in [-0.05, 0) is 43.1 Å². The Morgan fingerprint density at radius 3 is 2.33 bits per heavy atom. The summed E-state index contributed by atoms with van der Waals surface area (Å²) in [5, 5.41) is 0. The first-order chi connectivity index (χ1) is 10.2. The molecule has 1 aromatic rings. The van der Waals surface area contributed by atoms with Crippen LogP contribution in [0.5, 0.6) is 0 Å². The van der Waals surface area contributed by atoms with E-state index < -0.39 is 5.60 Å². The average Bonchev–Trinajstić information content (AvgIpc) is 2.52. The molecule has 1 rings (SSSR count). The van der Waals surface area contributed by atoms with Crippen LogP contribution in [0.3, 0.4) is 0 Å². The Labute approximate surface area is 141 Å². The maximum atomic E-state index is 6.07. The van der Waals surface area contributed by atoms with Crippen LogP contribution in [0.15, 0.2) is 30.3 Å². The van der Waals surface area contributed by atoms with Gasteiger partial charge in [-0.2, -0.15) is 0 Å². The molecular formula is C17H25OPS2. The van der Waals surface area contributed by atoms with Crippen LogP contribution in [0, 0.1) is 0 Å². The van der Waals surface area contributed by atoms with Crippen LogP contribution in [0.4, 0.5) is 0 Å². The smallest absolute Gasteiger partial charge is 0.138 e. The molecule has 116 valence electrons. The molecule has 0 aliphatic carbocycles. The molecule has 1 unspecified atom stereocenters. The van der Waals surface area contributed by atoms with Gasteiger partial charge in [0.1, 0.15) is 13.2 Å². The quantitative estimate of drug-likeness (QED) is 0.263. The fourth-order valence-electron chi connectivity index (χ4n) is 2.53. The van der Waals surface area contributed by atoms with E-state index in [0.717, 1.165) is 42.5 Å². The normalized spacial score (nSPS) is 14.0. The van der Waals surface area contributed by atoms with Crippen LogP contribution < -0.4 is 0 Å². The lowest BCUT2D eigenvalue weighted by atomic mass is 9.83. The second-order valence-corrected chi connectivity index (χ2v) is 6.61. The molecule has 0 aliphatic heterocycles. The summed E-state index contributed by atoms with van der Waals surface area (Å²) in [6, 6.07) is 10.4. The first-order valence-electron chi connectivity index (χ1n) is 7.81. The van der Waals surface area contributed by atoms with Crippen LogP contribution in [-0.4, -0.2) is 4.86 Å². The first-order valence-corrected chi connectivity index (χ1v) is 10.0. The summed E-state index contributed by atoms with van der Waals surface area (Å²) < 4.78 is 6.07. The van der Waals surface area contributed by atoms with Gasteiger partial charge in [0.05, 0.1) is 0 Å². The molecule has 0 saturated heterocycles. The lowest BCUT2D eigenvalue weighted by Gasteiger charge is -2.33. The largest absolute Gasteiger partial charge is 0.300 e. The SMILES string of the molecule is CCCCCC(OP=S)(C(=S)CCCC)c1ccccc1. The molecule has 0 bridgehead atoms. The van der Waals surface area contributed by atoms with Gasteiger partial charge in [0.25, 0.3) is 0 Å². The van der Waals surface area contributed by atoms with E-state index in [4.69, 9.17) is 28.5 Å². The number of hydrogen-bond acceptors (Lipinski definition) is 3. The zero-order valence-corrected chi connectivity index (χ0v) is 15.5. The molecule has 0 radical (unpaired) electrons. The number of benzene rings is 1. The molecular weight excluding hydrogens is 315 g/mol. The van der Waals surface area contributed by atoms with Crippen LogP contribution >= 0.6 is 19.8 Å². The molecule has 0 fully saturated rings. The van der Waals surface area contributed by atoms with E-state index in [1.54, 1.807) is 0 Å². The third-order valence-corrected chi connectivity index (χ3v) is 4.92. The fourth-order valence-corrected chi connectivity index (χ4v) is 3.81. The third kappa shape index (κ3) is 5.49. The minimum absolute atomic E-state index is 0.482. The van der Waals surface area contributed by atoms with Crippen LogP contribution in [0.2, 0.25) is 0 Å². The van der Waals surface area contributed by atoms with Crippen molar-refractivity contribution in [3.63, 3.8) is 0 Å². The molecule has 0 spiro atoms. The van der Waals surface area contributed by atoms with Gasteiger partial charge in [-0.3, -0.25) is 0 Å². The molecule has 21 heavy (non-hydrogen) atoms. The highest BCUT2D eigenvalue weighted by molar-refractivity contribution is 7.94. The molecule has 1 aromatic carbocycles. The van der Waals surface area contributed by atoms with E-state index >= 15 is 0 Å². The van der Waals surface area contributed by atoms with Crippen molar-refractivity contribution in [3.05, 3.63) is 35.9 Å². The Morgan fingerprint density at radius 1 is 1.10 bits per heavy atom. The predicted octanol–water partition coefficient (Wildman–Crippen LogP) is 6.36. The van der Waals surface area contributed by atoms with Gasteiger partial charge in [-0.15, -0.1) is 0 Å². The van der Waals surface area contributed by atoms with E-state index in [9.17, 15) is 0 Å². The minimum atomic E-state index is -0.482. The molecule has 1 atom stereocenters. The Morgan fingerprint density at radius 2 is 1.76 bits per heavy atom. The number of unbranched alkanes of at least 4 members (excludes halogenated alkanes) is 3. The fraction of sp³-hybridized carbons (Fsp3) is 0.588. The minimum Gasteiger partial charge on any atom is -0.300 e. The Kier molecular flexibility index (Phi) is 9.42. The number of hydrogen-bond donors (Lipinski definition) is 0. The van der Waals surface area contributed by atoms with Crippen molar-refractivity contribution in [2.24, 2.45) is 0 Å². The van der Waals surface area contributed by atoms with Gasteiger partial charge in [-0.1, -0.05) is 75.7 Å². The van der Waals surface area contributed by atoms with Gasteiger partial charge >= 0.3 is 0 Å². The van der Waals surface area contributed by atoms with Crippen molar-refractivity contribution in [1.82, 2.24) is 0 Å². The van der Waals surface area contributed by atoms with E-state index in [1.165, 1.54) is 12.8 Å².